The number of rotatable bonds is 7. The van der Waals surface area contributed by atoms with Gasteiger partial charge in [-0.2, -0.15) is 13.2 Å². The fourth-order valence-electron chi connectivity index (χ4n) is 4.27. The van der Waals surface area contributed by atoms with Gasteiger partial charge in [0.05, 0.1) is 31.9 Å². The van der Waals surface area contributed by atoms with Gasteiger partial charge in [0.2, 0.25) is 0 Å². The van der Waals surface area contributed by atoms with E-state index in [2.05, 4.69) is 10.3 Å². The SMILES string of the molecule is COc1ccc(CNc2c(-c3ccco3)c(=O)n(-c3ccc(Cl)cc3)c3nc(C(F)(F)F)ccc23)c(OC)c1. The minimum Gasteiger partial charge on any atom is -0.497 e. The second kappa shape index (κ2) is 10.4. The van der Waals surface area contributed by atoms with Crippen LogP contribution in [0.5, 0.6) is 11.5 Å². The van der Waals surface area contributed by atoms with Gasteiger partial charge in [-0.1, -0.05) is 11.6 Å². The van der Waals surface area contributed by atoms with Crippen LogP contribution in [0.15, 0.2) is 82.2 Å². The number of nitrogens with one attached hydrogen (secondary N) is 1. The van der Waals surface area contributed by atoms with E-state index < -0.39 is 17.4 Å². The quantitative estimate of drug-likeness (QED) is 0.234. The van der Waals surface area contributed by atoms with Gasteiger partial charge in [-0.3, -0.25) is 9.36 Å². The van der Waals surface area contributed by atoms with Gasteiger partial charge in [0, 0.05) is 28.6 Å². The van der Waals surface area contributed by atoms with Crippen molar-refractivity contribution < 1.29 is 27.1 Å². The molecule has 0 saturated heterocycles. The largest absolute Gasteiger partial charge is 0.497 e. The average Bonchev–Trinajstić information content (AvgIpc) is 3.46. The monoisotopic (exact) mass is 555 g/mol. The molecule has 5 aromatic rings. The second-order valence-corrected chi connectivity index (χ2v) is 8.88. The molecule has 0 atom stereocenters. The Balaban J connectivity index is 1.78. The Labute approximate surface area is 225 Å². The summed E-state index contributed by atoms with van der Waals surface area (Å²) < 4.78 is 58.5. The summed E-state index contributed by atoms with van der Waals surface area (Å²) in [6, 6.07) is 16.8. The number of aromatic nitrogens is 2. The molecule has 0 bridgehead atoms. The molecule has 1 N–H and O–H groups in total. The van der Waals surface area contributed by atoms with E-state index in [0.29, 0.717) is 16.5 Å². The third-order valence-electron chi connectivity index (χ3n) is 6.12. The summed E-state index contributed by atoms with van der Waals surface area (Å²) >= 11 is 6.03. The molecule has 0 aliphatic rings. The summed E-state index contributed by atoms with van der Waals surface area (Å²) in [6.07, 6.45) is -3.31. The zero-order chi connectivity index (χ0) is 27.7. The normalized spacial score (nSPS) is 11.5. The first kappa shape index (κ1) is 26.2. The molecule has 0 fully saturated rings. The maximum atomic E-state index is 14.0. The molecule has 11 heteroatoms. The standard InChI is InChI=1S/C28H21ClF3N3O4/c1-37-19-10-5-16(22(14-19)38-2)15-33-25-20-11-12-23(28(30,31)32)34-26(20)35(18-8-6-17(29)7-9-18)27(36)24(25)21-4-3-13-39-21/h3-14,33H,15H2,1-2H3. The van der Waals surface area contributed by atoms with Crippen molar-refractivity contribution in [1.29, 1.82) is 0 Å². The molecular formula is C28H21ClF3N3O4. The molecule has 0 amide bonds. The molecule has 0 aliphatic carbocycles. The minimum atomic E-state index is -4.72. The number of halogens is 4. The van der Waals surface area contributed by atoms with Crippen molar-refractivity contribution in [1.82, 2.24) is 9.55 Å². The van der Waals surface area contributed by atoms with Crippen LogP contribution in [-0.2, 0) is 12.7 Å². The summed E-state index contributed by atoms with van der Waals surface area (Å²) in [6.45, 7) is 0.168. The van der Waals surface area contributed by atoms with Crippen molar-refractivity contribution in [3.8, 4) is 28.5 Å². The molecule has 39 heavy (non-hydrogen) atoms. The number of hydrogen-bond donors (Lipinski definition) is 1. The molecule has 7 nitrogen and oxygen atoms in total. The van der Waals surface area contributed by atoms with Crippen LogP contribution < -0.4 is 20.3 Å². The maximum absolute atomic E-state index is 14.0. The number of methoxy groups -OCH3 is 2. The zero-order valence-electron chi connectivity index (χ0n) is 20.7. The van der Waals surface area contributed by atoms with Crippen molar-refractivity contribution in [2.45, 2.75) is 12.7 Å². The lowest BCUT2D eigenvalue weighted by atomic mass is 10.1. The summed E-state index contributed by atoms with van der Waals surface area (Å²) in [4.78, 5) is 17.9. The number of pyridine rings is 2. The third kappa shape index (κ3) is 5.03. The van der Waals surface area contributed by atoms with Crippen molar-refractivity contribution >= 4 is 28.3 Å². The van der Waals surface area contributed by atoms with Crippen LogP contribution in [0.4, 0.5) is 18.9 Å². The van der Waals surface area contributed by atoms with E-state index in [1.54, 1.807) is 30.3 Å². The molecule has 0 unspecified atom stereocenters. The maximum Gasteiger partial charge on any atom is 0.433 e. The highest BCUT2D eigenvalue weighted by Gasteiger charge is 2.34. The van der Waals surface area contributed by atoms with Gasteiger partial charge in [-0.25, -0.2) is 4.98 Å². The van der Waals surface area contributed by atoms with E-state index in [1.807, 2.05) is 0 Å². The summed E-state index contributed by atoms with van der Waals surface area (Å²) in [5.41, 5.74) is -0.556. The summed E-state index contributed by atoms with van der Waals surface area (Å²) in [7, 11) is 3.05. The number of ether oxygens (including phenoxy) is 2. The van der Waals surface area contributed by atoms with Crippen molar-refractivity contribution in [2.24, 2.45) is 0 Å². The molecule has 0 radical (unpaired) electrons. The number of nitrogens with zero attached hydrogens (tertiary/aromatic N) is 2. The highest BCUT2D eigenvalue weighted by atomic mass is 35.5. The van der Waals surface area contributed by atoms with Crippen molar-refractivity contribution in [3.05, 3.63) is 99.6 Å². The van der Waals surface area contributed by atoms with E-state index in [-0.39, 0.29) is 40.3 Å². The molecule has 0 saturated carbocycles. The van der Waals surface area contributed by atoms with Gasteiger partial charge in [0.1, 0.15) is 34.2 Å². The average molecular weight is 556 g/mol. The number of alkyl halides is 3. The highest BCUT2D eigenvalue weighted by molar-refractivity contribution is 6.30. The van der Waals surface area contributed by atoms with E-state index in [9.17, 15) is 18.0 Å². The third-order valence-corrected chi connectivity index (χ3v) is 6.37. The molecule has 0 spiro atoms. The van der Waals surface area contributed by atoms with Crippen LogP contribution in [0, 0.1) is 0 Å². The summed E-state index contributed by atoms with van der Waals surface area (Å²) in [5, 5.41) is 3.90. The fraction of sp³-hybridized carbons (Fsp3) is 0.143. The van der Waals surface area contributed by atoms with E-state index in [0.717, 1.165) is 16.2 Å². The topological polar surface area (TPSA) is 78.5 Å². The molecule has 0 aliphatic heterocycles. The Bertz CT molecular complexity index is 1700. The van der Waals surface area contributed by atoms with Crippen LogP contribution in [0.2, 0.25) is 5.02 Å². The number of fused-ring (bicyclic) bond motifs is 1. The first-order valence-electron chi connectivity index (χ1n) is 11.6. The molecule has 200 valence electrons. The Morgan fingerprint density at radius 1 is 1.03 bits per heavy atom. The lowest BCUT2D eigenvalue weighted by Gasteiger charge is -2.19. The van der Waals surface area contributed by atoms with Crippen LogP contribution in [0.25, 0.3) is 28.0 Å². The first-order chi connectivity index (χ1) is 18.7. The van der Waals surface area contributed by atoms with Gasteiger partial charge in [0.25, 0.3) is 5.56 Å². The van der Waals surface area contributed by atoms with Gasteiger partial charge in [0.15, 0.2) is 0 Å². The second-order valence-electron chi connectivity index (χ2n) is 8.44. The van der Waals surface area contributed by atoms with Crippen LogP contribution >= 0.6 is 11.6 Å². The lowest BCUT2D eigenvalue weighted by molar-refractivity contribution is -0.141. The number of furan rings is 1. The lowest BCUT2D eigenvalue weighted by Crippen LogP contribution is -2.24. The Kier molecular flexibility index (Phi) is 6.96. The van der Waals surface area contributed by atoms with Gasteiger partial charge >= 0.3 is 6.18 Å². The van der Waals surface area contributed by atoms with Crippen LogP contribution in [0.3, 0.4) is 0 Å². The predicted molar refractivity (Wildman–Crippen MR) is 142 cm³/mol. The smallest absolute Gasteiger partial charge is 0.433 e. The Morgan fingerprint density at radius 3 is 2.44 bits per heavy atom. The highest BCUT2D eigenvalue weighted by Crippen LogP contribution is 2.36. The number of anilines is 1. The zero-order valence-corrected chi connectivity index (χ0v) is 21.4. The number of benzene rings is 2. The van der Waals surface area contributed by atoms with Crippen molar-refractivity contribution in [3.63, 3.8) is 0 Å². The predicted octanol–water partition coefficient (Wildman–Crippen LogP) is 6.95. The molecule has 2 aromatic carbocycles. The molecular weight excluding hydrogens is 535 g/mol. The number of hydrogen-bond acceptors (Lipinski definition) is 6. The summed E-state index contributed by atoms with van der Waals surface area (Å²) in [5.74, 6) is 1.35. The van der Waals surface area contributed by atoms with E-state index in [4.69, 9.17) is 25.5 Å². The van der Waals surface area contributed by atoms with Gasteiger partial charge in [-0.05, 0) is 60.7 Å². The van der Waals surface area contributed by atoms with Gasteiger partial charge < -0.3 is 19.2 Å². The Hall–Kier alpha value is -4.44. The fourth-order valence-corrected chi connectivity index (χ4v) is 4.39. The van der Waals surface area contributed by atoms with Crippen LogP contribution in [0.1, 0.15) is 11.3 Å². The first-order valence-corrected chi connectivity index (χ1v) is 12.0. The Morgan fingerprint density at radius 2 is 1.79 bits per heavy atom. The van der Waals surface area contributed by atoms with Crippen LogP contribution in [-0.4, -0.2) is 23.8 Å². The molecule has 3 heterocycles. The van der Waals surface area contributed by atoms with E-state index >= 15 is 0 Å². The van der Waals surface area contributed by atoms with E-state index in [1.165, 1.54) is 50.8 Å². The molecule has 3 aromatic heterocycles. The molecule has 5 rings (SSSR count). The van der Waals surface area contributed by atoms with Gasteiger partial charge in [-0.15, -0.1) is 0 Å². The van der Waals surface area contributed by atoms with Crippen molar-refractivity contribution in [2.75, 3.05) is 19.5 Å². The minimum absolute atomic E-state index is 0.122.